The molecule has 1 amide bonds. The van der Waals surface area contributed by atoms with Crippen molar-refractivity contribution in [1.82, 2.24) is 34.2 Å². The lowest BCUT2D eigenvalue weighted by Crippen LogP contribution is -2.37. The molecule has 5 heterocycles. The molecule has 0 radical (unpaired) electrons. The Kier molecular flexibility index (Phi) is 6.70. The van der Waals surface area contributed by atoms with E-state index in [0.717, 1.165) is 51.3 Å². The number of nitrogens with zero attached hydrogens (tertiary/aromatic N) is 8. The number of aryl methyl sites for hydroxylation is 2. The Hall–Kier alpha value is -3.09. The lowest BCUT2D eigenvalue weighted by molar-refractivity contribution is 0.0370. The number of carbonyl (C=O) groups is 1. The minimum absolute atomic E-state index is 0.216. The number of hydrogen-bond acceptors (Lipinski definition) is 9. The van der Waals surface area contributed by atoms with Gasteiger partial charge in [0.25, 0.3) is 5.91 Å². The highest BCUT2D eigenvalue weighted by molar-refractivity contribution is 5.96. The van der Waals surface area contributed by atoms with Gasteiger partial charge in [-0.1, -0.05) is 0 Å². The molecule has 0 spiro atoms. The number of carbonyl (C=O) groups excluding carboxylic acids is 1. The molecular weight excluding hydrogens is 438 g/mol. The smallest absolute Gasteiger partial charge is 0.284 e. The number of fused-ring (bicyclic) bond motifs is 1. The Morgan fingerprint density at radius 2 is 1.71 bits per heavy atom. The largest absolute Gasteiger partial charge is 0.379 e. The highest BCUT2D eigenvalue weighted by atomic mass is 16.5. The zero-order chi connectivity index (χ0) is 23.5. The summed E-state index contributed by atoms with van der Waals surface area (Å²) in [5.41, 5.74) is 7.76. The van der Waals surface area contributed by atoms with E-state index in [2.05, 4.69) is 19.9 Å². The number of nitrogens with two attached hydrogens (primary N) is 1. The minimum Gasteiger partial charge on any atom is -0.379 e. The molecule has 0 saturated carbocycles. The average Bonchev–Trinajstić information content (AvgIpc) is 3.46. The van der Waals surface area contributed by atoms with Crippen LogP contribution in [0.4, 0.5) is 5.82 Å². The maximum absolute atomic E-state index is 12.3. The summed E-state index contributed by atoms with van der Waals surface area (Å²) < 4.78 is 14.5. The van der Waals surface area contributed by atoms with Crippen molar-refractivity contribution < 1.29 is 14.3 Å². The van der Waals surface area contributed by atoms with E-state index in [4.69, 9.17) is 25.2 Å². The molecule has 3 aromatic heterocycles. The van der Waals surface area contributed by atoms with Crippen molar-refractivity contribution in [1.29, 1.82) is 0 Å². The Morgan fingerprint density at radius 1 is 1.00 bits per heavy atom. The topological polar surface area (TPSA) is 129 Å². The first-order valence-electron chi connectivity index (χ1n) is 11.8. The summed E-state index contributed by atoms with van der Waals surface area (Å²) in [6.07, 6.45) is 5.49. The Balaban J connectivity index is 1.49. The second kappa shape index (κ2) is 10.0. The second-order valence-electron chi connectivity index (χ2n) is 8.66. The zero-order valence-electron chi connectivity index (χ0n) is 19.5. The van der Waals surface area contributed by atoms with Gasteiger partial charge in [0.15, 0.2) is 22.8 Å². The summed E-state index contributed by atoms with van der Waals surface area (Å²) in [5, 5.41) is 4.27. The van der Waals surface area contributed by atoms with Gasteiger partial charge in [0.05, 0.1) is 38.2 Å². The molecule has 0 bridgehead atoms. The molecule has 12 heteroatoms. The van der Waals surface area contributed by atoms with E-state index in [1.165, 1.54) is 0 Å². The van der Waals surface area contributed by atoms with E-state index in [9.17, 15) is 4.79 Å². The third kappa shape index (κ3) is 4.74. The Morgan fingerprint density at radius 3 is 2.38 bits per heavy atom. The maximum atomic E-state index is 12.3. The van der Waals surface area contributed by atoms with Gasteiger partial charge < -0.3 is 24.7 Å². The Bertz CT molecular complexity index is 1150. The number of aromatic nitrogens is 6. The normalized spacial score (nSPS) is 17.5. The van der Waals surface area contributed by atoms with Gasteiger partial charge in [0.1, 0.15) is 0 Å². The highest BCUT2D eigenvalue weighted by Crippen LogP contribution is 2.29. The fourth-order valence-electron chi connectivity index (χ4n) is 4.48. The first-order chi connectivity index (χ1) is 16.6. The van der Waals surface area contributed by atoms with Crippen LogP contribution in [0.3, 0.4) is 0 Å². The van der Waals surface area contributed by atoms with Crippen molar-refractivity contribution >= 4 is 22.9 Å². The van der Waals surface area contributed by atoms with Crippen LogP contribution in [0.5, 0.6) is 0 Å². The first kappa shape index (κ1) is 22.7. The van der Waals surface area contributed by atoms with Gasteiger partial charge >= 0.3 is 0 Å². The fraction of sp³-hybridized carbons (Fsp3) is 0.591. The van der Waals surface area contributed by atoms with Gasteiger partial charge in [-0.15, -0.1) is 0 Å². The molecule has 2 N–H and O–H groups in total. The summed E-state index contributed by atoms with van der Waals surface area (Å²) in [6, 6.07) is 0. The van der Waals surface area contributed by atoms with Gasteiger partial charge in [0.2, 0.25) is 5.82 Å². The molecule has 3 aromatic rings. The molecule has 2 saturated heterocycles. The third-order valence-corrected chi connectivity index (χ3v) is 6.28. The molecule has 0 aliphatic carbocycles. The van der Waals surface area contributed by atoms with Gasteiger partial charge in [-0.2, -0.15) is 5.10 Å². The van der Waals surface area contributed by atoms with Crippen LogP contribution in [-0.4, -0.2) is 99.3 Å². The lowest BCUT2D eigenvalue weighted by atomic mass is 10.2. The third-order valence-electron chi connectivity index (χ3n) is 6.28. The van der Waals surface area contributed by atoms with Crippen LogP contribution >= 0.6 is 0 Å². The zero-order valence-corrected chi connectivity index (χ0v) is 19.5. The van der Waals surface area contributed by atoms with Crippen LogP contribution in [0, 0.1) is 0 Å². The molecule has 0 atom stereocenters. The van der Waals surface area contributed by atoms with Crippen molar-refractivity contribution in [3.05, 3.63) is 18.2 Å². The predicted molar refractivity (Wildman–Crippen MR) is 126 cm³/mol. The summed E-state index contributed by atoms with van der Waals surface area (Å²) in [7, 11) is 1.86. The van der Waals surface area contributed by atoms with Crippen molar-refractivity contribution in [2.45, 2.75) is 19.4 Å². The van der Waals surface area contributed by atoms with Crippen LogP contribution in [-0.2, 0) is 23.1 Å². The van der Waals surface area contributed by atoms with Crippen LogP contribution in [0.2, 0.25) is 0 Å². The molecule has 2 aliphatic rings. The number of amides is 1. The van der Waals surface area contributed by atoms with Crippen LogP contribution < -0.4 is 10.6 Å². The quantitative estimate of drug-likeness (QED) is 0.462. The fourth-order valence-corrected chi connectivity index (χ4v) is 4.48. The summed E-state index contributed by atoms with van der Waals surface area (Å²) >= 11 is 0. The summed E-state index contributed by atoms with van der Waals surface area (Å²) in [6.45, 7) is 7.70. The molecule has 34 heavy (non-hydrogen) atoms. The van der Waals surface area contributed by atoms with Gasteiger partial charge in [0, 0.05) is 46.0 Å². The second-order valence-corrected chi connectivity index (χ2v) is 8.66. The summed E-state index contributed by atoms with van der Waals surface area (Å²) in [5.74, 6) is 0.893. The van der Waals surface area contributed by atoms with E-state index < -0.39 is 5.91 Å². The lowest BCUT2D eigenvalue weighted by Gasteiger charge is -2.28. The number of rotatable bonds is 8. The summed E-state index contributed by atoms with van der Waals surface area (Å²) in [4.78, 5) is 31.2. The molecule has 5 rings (SSSR count). The van der Waals surface area contributed by atoms with E-state index in [0.29, 0.717) is 55.7 Å². The minimum atomic E-state index is -0.568. The molecule has 12 nitrogen and oxygen atoms in total. The number of ether oxygens (including phenoxy) is 2. The molecule has 182 valence electrons. The van der Waals surface area contributed by atoms with Crippen LogP contribution in [0.1, 0.15) is 23.5 Å². The highest BCUT2D eigenvalue weighted by Gasteiger charge is 2.25. The standard InChI is InChI=1S/C22H31N9O3/c1-28-15-16(14-24-28)19-26-20(30-8-12-34-13-9-30)17-21(27-19)31(22(25-17)18(23)32)5-3-2-4-29-6-10-33-11-7-29/h14-15H,2-13H2,1H3,(H2,23,32). The molecule has 2 aliphatic heterocycles. The monoisotopic (exact) mass is 469 g/mol. The Labute approximate surface area is 197 Å². The molecule has 0 unspecified atom stereocenters. The number of hydrogen-bond donors (Lipinski definition) is 1. The van der Waals surface area contributed by atoms with E-state index in [1.54, 1.807) is 10.9 Å². The molecule has 2 fully saturated rings. The van der Waals surface area contributed by atoms with E-state index in [1.807, 2.05) is 17.8 Å². The van der Waals surface area contributed by atoms with Crippen molar-refractivity contribution in [2.75, 3.05) is 64.1 Å². The van der Waals surface area contributed by atoms with Gasteiger partial charge in [-0.25, -0.2) is 15.0 Å². The number of imidazole rings is 1. The average molecular weight is 470 g/mol. The van der Waals surface area contributed by atoms with Crippen molar-refractivity contribution in [3.63, 3.8) is 0 Å². The molecular formula is C22H31N9O3. The van der Waals surface area contributed by atoms with Crippen molar-refractivity contribution in [2.24, 2.45) is 12.8 Å². The van der Waals surface area contributed by atoms with E-state index >= 15 is 0 Å². The molecule has 0 aromatic carbocycles. The number of morpholine rings is 2. The predicted octanol–water partition coefficient (Wildman–Crippen LogP) is 0.275. The number of unbranched alkanes of at least 4 members (excludes halogenated alkanes) is 1. The van der Waals surface area contributed by atoms with Gasteiger partial charge in [-0.05, 0) is 19.4 Å². The van der Waals surface area contributed by atoms with Gasteiger partial charge in [-0.3, -0.25) is 14.4 Å². The van der Waals surface area contributed by atoms with Crippen molar-refractivity contribution in [3.8, 4) is 11.4 Å². The number of primary amides is 1. The maximum Gasteiger partial charge on any atom is 0.284 e. The first-order valence-corrected chi connectivity index (χ1v) is 11.8. The SMILES string of the molecule is Cn1cc(-c2nc(N3CCOCC3)c3nc(C(N)=O)n(CCCCN4CCOCC4)c3n2)cn1. The van der Waals surface area contributed by atoms with E-state index in [-0.39, 0.29) is 5.82 Å². The van der Waals surface area contributed by atoms with Crippen LogP contribution in [0.15, 0.2) is 12.4 Å². The van der Waals surface area contributed by atoms with Crippen LogP contribution in [0.25, 0.3) is 22.6 Å². The number of anilines is 1.